The Morgan fingerprint density at radius 1 is 1.17 bits per heavy atom. The summed E-state index contributed by atoms with van der Waals surface area (Å²) in [5.74, 6) is 0.864. The van der Waals surface area contributed by atoms with E-state index in [4.69, 9.17) is 14.7 Å². The van der Waals surface area contributed by atoms with Gasteiger partial charge in [0, 0.05) is 44.0 Å². The molecular formula is C23H35N5OS. The van der Waals surface area contributed by atoms with E-state index in [2.05, 4.69) is 60.6 Å². The maximum absolute atomic E-state index is 5.47. The molecule has 0 radical (unpaired) electrons. The van der Waals surface area contributed by atoms with Crippen LogP contribution in [0.25, 0.3) is 0 Å². The van der Waals surface area contributed by atoms with E-state index in [1.807, 2.05) is 11.3 Å². The Balaban J connectivity index is 1.57. The highest BCUT2D eigenvalue weighted by Gasteiger charge is 2.12. The Labute approximate surface area is 184 Å². The second-order valence-electron chi connectivity index (χ2n) is 7.49. The molecule has 6 nitrogen and oxygen atoms in total. The number of aryl methyl sites for hydroxylation is 2. The number of rotatable bonds is 9. The number of benzene rings is 1. The van der Waals surface area contributed by atoms with E-state index < -0.39 is 0 Å². The highest BCUT2D eigenvalue weighted by molar-refractivity contribution is 7.11. The zero-order chi connectivity index (χ0) is 21.2. The van der Waals surface area contributed by atoms with Gasteiger partial charge in [0.2, 0.25) is 0 Å². The van der Waals surface area contributed by atoms with Crippen molar-refractivity contribution >= 4 is 17.3 Å². The van der Waals surface area contributed by atoms with Gasteiger partial charge in [-0.3, -0.25) is 4.90 Å². The van der Waals surface area contributed by atoms with E-state index in [9.17, 15) is 0 Å². The Hall–Kier alpha value is -1.96. The smallest absolute Gasteiger partial charge is 0.191 e. The summed E-state index contributed by atoms with van der Waals surface area (Å²) in [4.78, 5) is 13.4. The number of hydrogen-bond acceptors (Lipinski definition) is 5. The monoisotopic (exact) mass is 429 g/mol. The first-order valence-corrected chi connectivity index (χ1v) is 11.9. The maximum atomic E-state index is 5.47. The largest absolute Gasteiger partial charge is 0.379 e. The second-order valence-corrected chi connectivity index (χ2v) is 8.78. The van der Waals surface area contributed by atoms with Crippen LogP contribution >= 0.6 is 11.3 Å². The number of hydrogen-bond donors (Lipinski definition) is 2. The first kappa shape index (κ1) is 22.7. The van der Waals surface area contributed by atoms with Crippen LogP contribution in [-0.4, -0.2) is 55.2 Å². The third-order valence-corrected chi connectivity index (χ3v) is 6.34. The molecule has 0 amide bonds. The summed E-state index contributed by atoms with van der Waals surface area (Å²) in [7, 11) is 0. The molecule has 1 fully saturated rings. The number of morpholine rings is 1. The van der Waals surface area contributed by atoms with Crippen LogP contribution in [-0.2, 0) is 30.7 Å². The average molecular weight is 430 g/mol. The average Bonchev–Trinajstić information content (AvgIpc) is 3.13. The number of ether oxygens (including phenoxy) is 1. The van der Waals surface area contributed by atoms with Gasteiger partial charge in [0.1, 0.15) is 0 Å². The van der Waals surface area contributed by atoms with E-state index in [1.165, 1.54) is 26.7 Å². The summed E-state index contributed by atoms with van der Waals surface area (Å²) >= 11 is 1.81. The highest BCUT2D eigenvalue weighted by Crippen LogP contribution is 2.18. The van der Waals surface area contributed by atoms with Gasteiger partial charge in [0.25, 0.3) is 0 Å². The fourth-order valence-electron chi connectivity index (χ4n) is 3.58. The Morgan fingerprint density at radius 2 is 1.93 bits per heavy atom. The summed E-state index contributed by atoms with van der Waals surface area (Å²) in [6.07, 6.45) is 1.92. The summed E-state index contributed by atoms with van der Waals surface area (Å²) in [5.41, 5.74) is 3.86. The molecule has 1 aliphatic heterocycles. The van der Waals surface area contributed by atoms with Crippen LogP contribution in [0.3, 0.4) is 0 Å². The van der Waals surface area contributed by atoms with Crippen LogP contribution in [0.4, 0.5) is 0 Å². The van der Waals surface area contributed by atoms with E-state index >= 15 is 0 Å². The molecule has 3 rings (SSSR count). The molecule has 1 saturated heterocycles. The van der Waals surface area contributed by atoms with E-state index in [0.717, 1.165) is 64.7 Å². The molecule has 1 aromatic carbocycles. The fourth-order valence-corrected chi connectivity index (χ4v) is 4.60. The minimum absolute atomic E-state index is 0.673. The van der Waals surface area contributed by atoms with Crippen molar-refractivity contribution in [2.45, 2.75) is 46.7 Å². The van der Waals surface area contributed by atoms with Crippen molar-refractivity contribution in [2.24, 2.45) is 4.99 Å². The summed E-state index contributed by atoms with van der Waals surface area (Å²) in [6.45, 7) is 13.4. The van der Waals surface area contributed by atoms with Crippen LogP contribution in [0.15, 0.2) is 29.3 Å². The Bertz CT molecular complexity index is 814. The van der Waals surface area contributed by atoms with Crippen molar-refractivity contribution in [1.82, 2.24) is 20.5 Å². The standard InChI is InChI=1S/C23H35N5OS/c1-4-21-18(3)30-22(27-21)10-11-25-23(24-5-2)26-16-19-8-6-7-9-20(19)17-28-12-14-29-15-13-28/h6-9H,4-5,10-17H2,1-3H3,(H2,24,25,26). The number of aromatic nitrogens is 1. The molecule has 164 valence electrons. The molecule has 2 aromatic rings. The molecule has 0 saturated carbocycles. The number of thiazole rings is 1. The minimum Gasteiger partial charge on any atom is -0.379 e. The van der Waals surface area contributed by atoms with Crippen molar-refractivity contribution in [3.05, 3.63) is 51.0 Å². The van der Waals surface area contributed by atoms with Crippen molar-refractivity contribution < 1.29 is 4.74 Å². The molecule has 1 aliphatic rings. The molecule has 0 atom stereocenters. The third-order valence-electron chi connectivity index (χ3n) is 5.27. The molecule has 0 spiro atoms. The Morgan fingerprint density at radius 3 is 2.63 bits per heavy atom. The molecule has 7 heteroatoms. The lowest BCUT2D eigenvalue weighted by molar-refractivity contribution is 0.0341. The topological polar surface area (TPSA) is 61.8 Å². The van der Waals surface area contributed by atoms with Crippen molar-refractivity contribution in [3.8, 4) is 0 Å². The SMILES string of the molecule is CCNC(=NCc1ccccc1CN1CCOCC1)NCCc1nc(CC)c(C)s1. The van der Waals surface area contributed by atoms with Crippen molar-refractivity contribution in [1.29, 1.82) is 0 Å². The van der Waals surface area contributed by atoms with Gasteiger partial charge in [-0.15, -0.1) is 11.3 Å². The van der Waals surface area contributed by atoms with Gasteiger partial charge in [-0.1, -0.05) is 31.2 Å². The lowest BCUT2D eigenvalue weighted by atomic mass is 10.1. The number of aliphatic imine (C=N–C) groups is 1. The van der Waals surface area contributed by atoms with Gasteiger partial charge in [0.05, 0.1) is 30.5 Å². The van der Waals surface area contributed by atoms with Crippen LogP contribution < -0.4 is 10.6 Å². The van der Waals surface area contributed by atoms with Crippen LogP contribution in [0.1, 0.15) is 40.6 Å². The summed E-state index contributed by atoms with van der Waals surface area (Å²) < 4.78 is 5.47. The zero-order valence-electron chi connectivity index (χ0n) is 18.5. The molecule has 0 bridgehead atoms. The molecule has 0 aliphatic carbocycles. The zero-order valence-corrected chi connectivity index (χ0v) is 19.4. The lowest BCUT2D eigenvalue weighted by Gasteiger charge is -2.27. The van der Waals surface area contributed by atoms with Gasteiger partial charge in [-0.05, 0) is 31.4 Å². The lowest BCUT2D eigenvalue weighted by Crippen LogP contribution is -2.38. The molecule has 2 N–H and O–H groups in total. The van der Waals surface area contributed by atoms with Crippen molar-refractivity contribution in [3.63, 3.8) is 0 Å². The van der Waals surface area contributed by atoms with E-state index in [0.29, 0.717) is 6.54 Å². The number of nitrogens with zero attached hydrogens (tertiary/aromatic N) is 3. The Kier molecular flexibility index (Phi) is 9.11. The van der Waals surface area contributed by atoms with Crippen LogP contribution in [0.2, 0.25) is 0 Å². The second kappa shape index (κ2) is 12.0. The van der Waals surface area contributed by atoms with E-state index in [-0.39, 0.29) is 0 Å². The normalized spacial score (nSPS) is 15.4. The minimum atomic E-state index is 0.673. The first-order chi connectivity index (χ1) is 14.7. The molecule has 2 heterocycles. The quantitative estimate of drug-likeness (QED) is 0.474. The van der Waals surface area contributed by atoms with Crippen LogP contribution in [0.5, 0.6) is 0 Å². The van der Waals surface area contributed by atoms with Gasteiger partial charge in [0.15, 0.2) is 5.96 Å². The van der Waals surface area contributed by atoms with Gasteiger partial charge in [-0.2, -0.15) is 0 Å². The van der Waals surface area contributed by atoms with Crippen molar-refractivity contribution in [2.75, 3.05) is 39.4 Å². The molecular weight excluding hydrogens is 394 g/mol. The highest BCUT2D eigenvalue weighted by atomic mass is 32.1. The molecule has 0 unspecified atom stereocenters. The van der Waals surface area contributed by atoms with E-state index in [1.54, 1.807) is 0 Å². The predicted molar refractivity (Wildman–Crippen MR) is 125 cm³/mol. The first-order valence-electron chi connectivity index (χ1n) is 11.0. The summed E-state index contributed by atoms with van der Waals surface area (Å²) in [6, 6.07) is 8.63. The third kappa shape index (κ3) is 6.79. The maximum Gasteiger partial charge on any atom is 0.191 e. The van der Waals surface area contributed by atoms with Gasteiger partial charge < -0.3 is 15.4 Å². The predicted octanol–water partition coefficient (Wildman–Crippen LogP) is 3.14. The summed E-state index contributed by atoms with van der Waals surface area (Å²) in [5, 5.41) is 8.03. The van der Waals surface area contributed by atoms with Gasteiger partial charge >= 0.3 is 0 Å². The molecule has 30 heavy (non-hydrogen) atoms. The number of guanidine groups is 1. The molecule has 1 aromatic heterocycles. The van der Waals surface area contributed by atoms with Crippen LogP contribution in [0, 0.1) is 6.92 Å². The fraction of sp³-hybridized carbons (Fsp3) is 0.565. The number of nitrogens with one attached hydrogen (secondary N) is 2. The van der Waals surface area contributed by atoms with Gasteiger partial charge in [-0.25, -0.2) is 9.98 Å².